The second-order valence-electron chi connectivity index (χ2n) is 7.34. The Morgan fingerprint density at radius 1 is 1.18 bits per heavy atom. The summed E-state index contributed by atoms with van der Waals surface area (Å²) in [7, 11) is 0. The first kappa shape index (κ1) is 18.9. The molecule has 1 N–H and O–H groups in total. The topological polar surface area (TPSA) is 78.4 Å². The number of aryl methyl sites for hydroxylation is 1. The van der Waals surface area contributed by atoms with Crippen molar-refractivity contribution in [3.63, 3.8) is 0 Å². The third-order valence-corrected chi connectivity index (χ3v) is 6.41. The van der Waals surface area contributed by atoms with Crippen LogP contribution in [0.2, 0.25) is 0 Å². The molecule has 2 aliphatic rings. The van der Waals surface area contributed by atoms with Crippen molar-refractivity contribution in [1.82, 2.24) is 10.2 Å². The van der Waals surface area contributed by atoms with E-state index in [1.54, 1.807) is 4.90 Å². The molecule has 2 aliphatic heterocycles. The van der Waals surface area contributed by atoms with Gasteiger partial charge in [-0.1, -0.05) is 30.4 Å². The molecule has 1 unspecified atom stereocenters. The maximum Gasteiger partial charge on any atom is 0.229 e. The molecule has 0 spiro atoms. The van der Waals surface area contributed by atoms with E-state index < -0.39 is 0 Å². The van der Waals surface area contributed by atoms with E-state index in [1.165, 1.54) is 16.9 Å². The largest absolute Gasteiger partial charge is 0.346 e. The zero-order chi connectivity index (χ0) is 19.5. The lowest BCUT2D eigenvalue weighted by atomic mass is 9.97. The van der Waals surface area contributed by atoms with E-state index in [0.717, 1.165) is 49.6 Å². The monoisotopic (exact) mass is 399 g/mol. The number of benzene rings is 1. The van der Waals surface area contributed by atoms with E-state index in [1.807, 2.05) is 24.3 Å². The van der Waals surface area contributed by atoms with Crippen molar-refractivity contribution < 1.29 is 9.59 Å². The molecule has 0 bridgehead atoms. The number of rotatable bonds is 5. The third-order valence-electron chi connectivity index (χ3n) is 5.40. The average Bonchev–Trinajstić information content (AvgIpc) is 3.37. The Balaban J connectivity index is 1.39. The van der Waals surface area contributed by atoms with Crippen LogP contribution in [0.25, 0.3) is 0 Å². The van der Waals surface area contributed by atoms with Crippen molar-refractivity contribution in [3.05, 3.63) is 29.8 Å². The lowest BCUT2D eigenvalue weighted by molar-refractivity contribution is -0.120. The van der Waals surface area contributed by atoms with Gasteiger partial charge in [-0.3, -0.25) is 14.5 Å². The Morgan fingerprint density at radius 2 is 1.96 bits per heavy atom. The van der Waals surface area contributed by atoms with Gasteiger partial charge in [0.1, 0.15) is 0 Å². The lowest BCUT2D eigenvalue weighted by Gasteiger charge is -2.31. The van der Waals surface area contributed by atoms with Crippen molar-refractivity contribution in [2.24, 2.45) is 5.92 Å². The number of nitrogens with zero attached hydrogens (tertiary/aromatic N) is 4. The highest BCUT2D eigenvalue weighted by molar-refractivity contribution is 7.19. The molecule has 3 heterocycles. The van der Waals surface area contributed by atoms with Gasteiger partial charge in [0.2, 0.25) is 22.1 Å². The number of piperidine rings is 1. The van der Waals surface area contributed by atoms with Crippen LogP contribution in [0.5, 0.6) is 0 Å². The van der Waals surface area contributed by atoms with Gasteiger partial charge in [0.25, 0.3) is 0 Å². The van der Waals surface area contributed by atoms with E-state index in [2.05, 4.69) is 27.3 Å². The van der Waals surface area contributed by atoms with Crippen LogP contribution in [0.4, 0.5) is 16.0 Å². The molecule has 148 valence electrons. The predicted octanol–water partition coefficient (Wildman–Crippen LogP) is 3.08. The number of amides is 2. The number of aromatic nitrogens is 2. The summed E-state index contributed by atoms with van der Waals surface area (Å²) in [6, 6.07) is 8.01. The van der Waals surface area contributed by atoms with Gasteiger partial charge < -0.3 is 10.2 Å². The molecule has 2 saturated heterocycles. The molecular weight excluding hydrogens is 374 g/mol. The Kier molecular flexibility index (Phi) is 5.57. The predicted molar refractivity (Wildman–Crippen MR) is 111 cm³/mol. The molecule has 0 radical (unpaired) electrons. The summed E-state index contributed by atoms with van der Waals surface area (Å²) in [5.41, 5.74) is 2.09. The molecule has 2 amide bonds. The summed E-state index contributed by atoms with van der Waals surface area (Å²) >= 11 is 1.44. The lowest BCUT2D eigenvalue weighted by Crippen LogP contribution is -2.40. The van der Waals surface area contributed by atoms with Crippen molar-refractivity contribution in [2.75, 3.05) is 34.8 Å². The highest BCUT2D eigenvalue weighted by Gasteiger charge is 2.30. The van der Waals surface area contributed by atoms with Gasteiger partial charge in [0.15, 0.2) is 0 Å². The maximum atomic E-state index is 12.7. The normalized spacial score (nSPS) is 19.9. The molecule has 1 atom stereocenters. The Morgan fingerprint density at radius 3 is 2.68 bits per heavy atom. The van der Waals surface area contributed by atoms with Crippen LogP contribution in [0, 0.1) is 5.92 Å². The molecule has 28 heavy (non-hydrogen) atoms. The first-order valence-corrected chi connectivity index (χ1v) is 10.7. The molecule has 8 heteroatoms. The second kappa shape index (κ2) is 8.26. The van der Waals surface area contributed by atoms with Gasteiger partial charge in [-0.15, -0.1) is 10.2 Å². The summed E-state index contributed by atoms with van der Waals surface area (Å²) in [5, 5.41) is 13.0. The van der Waals surface area contributed by atoms with Crippen LogP contribution in [0.1, 0.15) is 38.2 Å². The molecule has 4 rings (SSSR count). The summed E-state index contributed by atoms with van der Waals surface area (Å²) in [4.78, 5) is 28.5. The third kappa shape index (κ3) is 4.01. The van der Waals surface area contributed by atoms with Crippen molar-refractivity contribution >= 4 is 39.1 Å². The van der Waals surface area contributed by atoms with Gasteiger partial charge in [-0.25, -0.2) is 0 Å². The van der Waals surface area contributed by atoms with Crippen LogP contribution in [-0.4, -0.2) is 41.6 Å². The fourth-order valence-corrected chi connectivity index (χ4v) is 4.65. The van der Waals surface area contributed by atoms with E-state index in [0.29, 0.717) is 18.1 Å². The molecule has 1 aromatic heterocycles. The van der Waals surface area contributed by atoms with Crippen LogP contribution < -0.4 is 15.1 Å². The van der Waals surface area contributed by atoms with Crippen LogP contribution in [0.3, 0.4) is 0 Å². The molecule has 1 aromatic carbocycles. The first-order chi connectivity index (χ1) is 13.6. The van der Waals surface area contributed by atoms with Gasteiger partial charge in [-0.2, -0.15) is 0 Å². The zero-order valence-electron chi connectivity index (χ0n) is 16.1. The molecule has 2 fully saturated rings. The minimum absolute atomic E-state index is 0.0495. The van der Waals surface area contributed by atoms with Crippen LogP contribution in [0.15, 0.2) is 24.3 Å². The van der Waals surface area contributed by atoms with Crippen LogP contribution in [-0.2, 0) is 16.0 Å². The van der Waals surface area contributed by atoms with Gasteiger partial charge in [-0.05, 0) is 43.4 Å². The Bertz CT molecular complexity index is 851. The highest BCUT2D eigenvalue weighted by atomic mass is 32.1. The van der Waals surface area contributed by atoms with Crippen LogP contribution >= 0.6 is 11.3 Å². The summed E-state index contributed by atoms with van der Waals surface area (Å²) in [5.74, 6) is 0.0847. The average molecular weight is 400 g/mol. The molecular formula is C20H25N5O2S. The SMILES string of the molecule is CCc1ccc(NC(=O)C2CCCN(c3nnc(N4CCCC4=O)s3)C2)cc1. The molecule has 0 aliphatic carbocycles. The van der Waals surface area contributed by atoms with E-state index in [9.17, 15) is 9.59 Å². The molecule has 2 aromatic rings. The number of carbonyl (C=O) groups is 2. The standard InChI is InChI=1S/C20H25N5O2S/c1-2-14-7-9-16(10-8-14)21-18(27)15-5-3-11-24(13-15)19-22-23-20(28-19)25-12-4-6-17(25)26/h7-10,15H,2-6,11-13H2,1H3,(H,21,27). The fraction of sp³-hybridized carbons (Fsp3) is 0.500. The Hall–Kier alpha value is -2.48. The van der Waals surface area contributed by atoms with Crippen molar-refractivity contribution in [2.45, 2.75) is 39.0 Å². The van der Waals surface area contributed by atoms with Crippen molar-refractivity contribution in [3.8, 4) is 0 Å². The molecule has 7 nitrogen and oxygen atoms in total. The Labute approximate surface area is 168 Å². The number of anilines is 3. The number of nitrogens with one attached hydrogen (secondary N) is 1. The number of carbonyl (C=O) groups excluding carboxylic acids is 2. The van der Waals surface area contributed by atoms with E-state index in [-0.39, 0.29) is 17.7 Å². The smallest absolute Gasteiger partial charge is 0.229 e. The van der Waals surface area contributed by atoms with E-state index >= 15 is 0 Å². The quantitative estimate of drug-likeness (QED) is 0.836. The van der Waals surface area contributed by atoms with Gasteiger partial charge in [0, 0.05) is 31.7 Å². The number of hydrogen-bond donors (Lipinski definition) is 1. The molecule has 0 saturated carbocycles. The minimum atomic E-state index is -0.0830. The van der Waals surface area contributed by atoms with E-state index in [4.69, 9.17) is 0 Å². The highest BCUT2D eigenvalue weighted by Crippen LogP contribution is 2.32. The summed E-state index contributed by atoms with van der Waals surface area (Å²) in [6.45, 7) is 4.32. The number of hydrogen-bond acceptors (Lipinski definition) is 6. The minimum Gasteiger partial charge on any atom is -0.346 e. The van der Waals surface area contributed by atoms with Crippen molar-refractivity contribution in [1.29, 1.82) is 0 Å². The zero-order valence-corrected chi connectivity index (χ0v) is 16.9. The summed E-state index contributed by atoms with van der Waals surface area (Å²) in [6.07, 6.45) is 4.24. The summed E-state index contributed by atoms with van der Waals surface area (Å²) < 4.78 is 0. The maximum absolute atomic E-state index is 12.7. The first-order valence-electron chi connectivity index (χ1n) is 9.92. The fourth-order valence-electron chi connectivity index (χ4n) is 3.73. The van der Waals surface area contributed by atoms with Gasteiger partial charge in [0.05, 0.1) is 5.92 Å². The second-order valence-corrected chi connectivity index (χ2v) is 8.28. The van der Waals surface area contributed by atoms with Gasteiger partial charge >= 0.3 is 0 Å².